The molecule has 0 saturated heterocycles. The fraction of sp³-hybridized carbons (Fsp3) is 0.389. The molecule has 6 heteroatoms. The van der Waals surface area contributed by atoms with Crippen molar-refractivity contribution in [3.63, 3.8) is 0 Å². The van der Waals surface area contributed by atoms with Crippen molar-refractivity contribution in [1.82, 2.24) is 9.78 Å². The van der Waals surface area contributed by atoms with E-state index < -0.39 is 5.91 Å². The monoisotopic (exact) mass is 324 g/mol. The van der Waals surface area contributed by atoms with E-state index in [1.807, 2.05) is 0 Å². The summed E-state index contributed by atoms with van der Waals surface area (Å²) in [4.78, 5) is 23.6. The third-order valence-electron chi connectivity index (χ3n) is 5.23. The van der Waals surface area contributed by atoms with Crippen molar-refractivity contribution in [2.75, 3.05) is 5.32 Å². The summed E-state index contributed by atoms with van der Waals surface area (Å²) in [6.07, 6.45) is 7.40. The van der Waals surface area contributed by atoms with Crippen LogP contribution < -0.4 is 11.1 Å². The lowest BCUT2D eigenvalue weighted by Gasteiger charge is -2.26. The van der Waals surface area contributed by atoms with Crippen LogP contribution in [-0.2, 0) is 28.0 Å². The number of amides is 2. The number of nitrogens with zero attached hydrogens (tertiary/aromatic N) is 2. The highest BCUT2D eigenvalue weighted by Gasteiger charge is 2.60. The van der Waals surface area contributed by atoms with Crippen LogP contribution in [0.15, 0.2) is 36.7 Å². The van der Waals surface area contributed by atoms with Crippen LogP contribution in [0.25, 0.3) is 0 Å². The maximum Gasteiger partial charge on any atom is 0.239 e. The van der Waals surface area contributed by atoms with Gasteiger partial charge in [0.15, 0.2) is 0 Å². The molecule has 2 unspecified atom stereocenters. The average Bonchev–Trinajstić information content (AvgIpc) is 3.11. The maximum absolute atomic E-state index is 12.6. The molecule has 0 radical (unpaired) electrons. The van der Waals surface area contributed by atoms with E-state index in [0.29, 0.717) is 5.69 Å². The van der Waals surface area contributed by atoms with E-state index in [1.54, 1.807) is 12.4 Å². The number of aryl methyl sites for hydroxylation is 1. The maximum atomic E-state index is 12.6. The normalized spacial score (nSPS) is 24.4. The fourth-order valence-electron chi connectivity index (χ4n) is 4.08. The first-order valence-corrected chi connectivity index (χ1v) is 8.28. The molecule has 0 bridgehead atoms. The van der Waals surface area contributed by atoms with Crippen molar-refractivity contribution in [3.8, 4) is 0 Å². The second-order valence-corrected chi connectivity index (χ2v) is 6.81. The van der Waals surface area contributed by atoms with Gasteiger partial charge in [-0.3, -0.25) is 14.3 Å². The Morgan fingerprint density at radius 3 is 3.04 bits per heavy atom. The Morgan fingerprint density at radius 1 is 1.38 bits per heavy atom. The summed E-state index contributed by atoms with van der Waals surface area (Å²) in [6.45, 7) is 0.0105. The number of fused-ring (bicyclic) bond motifs is 2. The minimum absolute atomic E-state index is 0.0105. The van der Waals surface area contributed by atoms with Crippen LogP contribution in [0.5, 0.6) is 0 Å². The van der Waals surface area contributed by atoms with E-state index in [9.17, 15) is 9.59 Å². The molecule has 2 atom stereocenters. The van der Waals surface area contributed by atoms with Crippen molar-refractivity contribution < 1.29 is 9.59 Å². The SMILES string of the molecule is NC(=O)Cn1cc(NC(=O)C2CC23CCCc2ccccc23)cn1. The van der Waals surface area contributed by atoms with Crippen LogP contribution in [0.4, 0.5) is 5.69 Å². The van der Waals surface area contributed by atoms with Gasteiger partial charge in [-0.1, -0.05) is 24.3 Å². The van der Waals surface area contributed by atoms with Gasteiger partial charge in [0.05, 0.1) is 11.9 Å². The number of hydrogen-bond acceptors (Lipinski definition) is 3. The number of hydrogen-bond donors (Lipinski definition) is 2. The molecule has 4 rings (SSSR count). The van der Waals surface area contributed by atoms with Crippen LogP contribution in [-0.4, -0.2) is 21.6 Å². The van der Waals surface area contributed by atoms with Gasteiger partial charge in [-0.25, -0.2) is 0 Å². The highest BCUT2D eigenvalue weighted by molar-refractivity contribution is 5.96. The molecular weight excluding hydrogens is 304 g/mol. The van der Waals surface area contributed by atoms with Crippen LogP contribution in [0.3, 0.4) is 0 Å². The molecule has 3 N–H and O–H groups in total. The van der Waals surface area contributed by atoms with Crippen LogP contribution in [0.2, 0.25) is 0 Å². The molecular formula is C18H20N4O2. The summed E-state index contributed by atoms with van der Waals surface area (Å²) in [5.41, 5.74) is 8.50. The molecule has 2 amide bonds. The van der Waals surface area contributed by atoms with Crippen molar-refractivity contribution in [2.45, 2.75) is 37.6 Å². The predicted octanol–water partition coefficient (Wildman–Crippen LogP) is 1.60. The Kier molecular flexibility index (Phi) is 3.40. The Hall–Kier alpha value is -2.63. The molecule has 1 heterocycles. The molecule has 6 nitrogen and oxygen atoms in total. The second-order valence-electron chi connectivity index (χ2n) is 6.81. The molecule has 124 valence electrons. The van der Waals surface area contributed by atoms with Gasteiger partial charge in [0.1, 0.15) is 6.54 Å². The number of nitrogens with two attached hydrogens (primary N) is 1. The lowest BCUT2D eigenvalue weighted by molar-refractivity contribution is -0.119. The fourth-order valence-corrected chi connectivity index (χ4v) is 4.08. The van der Waals surface area contributed by atoms with Gasteiger partial charge in [-0.05, 0) is 36.8 Å². The van der Waals surface area contributed by atoms with Crippen molar-refractivity contribution >= 4 is 17.5 Å². The van der Waals surface area contributed by atoms with Crippen molar-refractivity contribution in [3.05, 3.63) is 47.8 Å². The van der Waals surface area contributed by atoms with E-state index in [-0.39, 0.29) is 23.8 Å². The quantitative estimate of drug-likeness (QED) is 0.895. The zero-order valence-corrected chi connectivity index (χ0v) is 13.4. The Bertz CT molecular complexity index is 813. The number of benzene rings is 1. The Morgan fingerprint density at radius 2 is 2.21 bits per heavy atom. The summed E-state index contributed by atoms with van der Waals surface area (Å²) >= 11 is 0. The summed E-state index contributed by atoms with van der Waals surface area (Å²) in [7, 11) is 0. The minimum atomic E-state index is -0.462. The number of primary amides is 1. The van der Waals surface area contributed by atoms with E-state index in [1.165, 1.54) is 15.8 Å². The Labute approximate surface area is 140 Å². The molecule has 2 aromatic rings. The van der Waals surface area contributed by atoms with Gasteiger partial charge in [0, 0.05) is 17.5 Å². The number of anilines is 1. The number of aromatic nitrogens is 2. The van der Waals surface area contributed by atoms with E-state index in [4.69, 9.17) is 5.73 Å². The molecule has 1 saturated carbocycles. The smallest absolute Gasteiger partial charge is 0.239 e. The minimum Gasteiger partial charge on any atom is -0.368 e. The highest BCUT2D eigenvalue weighted by atomic mass is 16.2. The number of nitrogens with one attached hydrogen (secondary N) is 1. The predicted molar refractivity (Wildman–Crippen MR) is 89.2 cm³/mol. The second kappa shape index (κ2) is 5.47. The lowest BCUT2D eigenvalue weighted by Crippen LogP contribution is -2.24. The van der Waals surface area contributed by atoms with E-state index in [0.717, 1.165) is 25.7 Å². The first kappa shape index (κ1) is 14.9. The summed E-state index contributed by atoms with van der Waals surface area (Å²) in [5.74, 6) is -0.417. The summed E-state index contributed by atoms with van der Waals surface area (Å²) in [6, 6.07) is 8.49. The molecule has 1 aromatic carbocycles. The topological polar surface area (TPSA) is 90.0 Å². The molecule has 1 fully saturated rings. The number of rotatable bonds is 4. The summed E-state index contributed by atoms with van der Waals surface area (Å²) < 4.78 is 1.43. The van der Waals surface area contributed by atoms with Crippen molar-refractivity contribution in [1.29, 1.82) is 0 Å². The molecule has 2 aliphatic carbocycles. The van der Waals surface area contributed by atoms with Gasteiger partial charge in [0.25, 0.3) is 0 Å². The number of carbonyl (C=O) groups is 2. The average molecular weight is 324 g/mol. The van der Waals surface area contributed by atoms with Gasteiger partial charge in [-0.15, -0.1) is 0 Å². The third-order valence-corrected chi connectivity index (χ3v) is 5.23. The van der Waals surface area contributed by atoms with Crippen LogP contribution in [0.1, 0.15) is 30.4 Å². The zero-order valence-electron chi connectivity index (χ0n) is 13.4. The molecule has 0 aliphatic heterocycles. The lowest BCUT2D eigenvalue weighted by atomic mass is 9.78. The summed E-state index contributed by atoms with van der Waals surface area (Å²) in [5, 5.41) is 6.96. The standard InChI is InChI=1S/C18H20N4O2/c19-16(23)11-22-10-13(9-20-22)21-17(24)15-8-18(15)7-3-5-12-4-1-2-6-14(12)18/h1-2,4,6,9-10,15H,3,5,7-8,11H2,(H2,19,23)(H,21,24). The molecule has 1 aromatic heterocycles. The van der Waals surface area contributed by atoms with Crippen LogP contribution in [0, 0.1) is 5.92 Å². The van der Waals surface area contributed by atoms with E-state index >= 15 is 0 Å². The van der Waals surface area contributed by atoms with Gasteiger partial charge in [0.2, 0.25) is 11.8 Å². The highest BCUT2D eigenvalue weighted by Crippen LogP contribution is 2.60. The van der Waals surface area contributed by atoms with Crippen LogP contribution >= 0.6 is 0 Å². The number of carbonyl (C=O) groups excluding carboxylic acids is 2. The third kappa shape index (κ3) is 2.48. The first-order valence-electron chi connectivity index (χ1n) is 8.28. The molecule has 2 aliphatic rings. The van der Waals surface area contributed by atoms with Gasteiger partial charge >= 0.3 is 0 Å². The Balaban J connectivity index is 1.48. The molecule has 24 heavy (non-hydrogen) atoms. The van der Waals surface area contributed by atoms with E-state index in [2.05, 4.69) is 34.7 Å². The zero-order chi connectivity index (χ0) is 16.7. The first-order chi connectivity index (χ1) is 11.6. The molecule has 1 spiro atoms. The van der Waals surface area contributed by atoms with Gasteiger partial charge < -0.3 is 11.1 Å². The van der Waals surface area contributed by atoms with Crippen molar-refractivity contribution in [2.24, 2.45) is 11.7 Å². The largest absolute Gasteiger partial charge is 0.368 e. The van der Waals surface area contributed by atoms with Gasteiger partial charge in [-0.2, -0.15) is 5.10 Å².